The quantitative estimate of drug-likeness (QED) is 0.172. The van der Waals surface area contributed by atoms with Crippen LogP contribution in [0.25, 0.3) is 33.4 Å². The lowest BCUT2D eigenvalue weighted by atomic mass is 9.91. The normalized spacial score (nSPS) is 15.9. The number of fused-ring (bicyclic) bond motifs is 1. The number of anilines is 3. The highest BCUT2D eigenvalue weighted by atomic mass is 15.3. The van der Waals surface area contributed by atoms with Crippen LogP contribution < -0.4 is 15.5 Å². The molecule has 2 N–H and O–H groups in total. The Kier molecular flexibility index (Phi) is 8.97. The molecule has 0 aromatic heterocycles. The van der Waals surface area contributed by atoms with Gasteiger partial charge < -0.3 is 15.5 Å². The first-order valence-electron chi connectivity index (χ1n) is 19.0. The Morgan fingerprint density at radius 1 is 0.589 bits per heavy atom. The van der Waals surface area contributed by atoms with Crippen LogP contribution in [0, 0.1) is 25.2 Å². The van der Waals surface area contributed by atoms with E-state index in [1.165, 1.54) is 11.1 Å². The molecule has 2 atom stereocenters. The van der Waals surface area contributed by atoms with Gasteiger partial charge in [0.2, 0.25) is 0 Å². The minimum atomic E-state index is -0.401. The molecular formula is C50H40N6. The molecule has 9 rings (SSSR count). The SMILES string of the molecule is Cc1cccc(C)c1C1=NC(c2ccccc2)=NC(c2ccccc2-c2ccc(C#N)c(-c3cccc(N4c5ccc(-c6ccccc6)cc5NC4C)c3)c2)N1. The second-order valence-corrected chi connectivity index (χ2v) is 14.4. The molecule has 270 valence electrons. The smallest absolute Gasteiger partial charge is 0.159 e. The molecule has 0 spiro atoms. The van der Waals surface area contributed by atoms with Crippen molar-refractivity contribution >= 4 is 28.7 Å². The summed E-state index contributed by atoms with van der Waals surface area (Å²) in [5, 5.41) is 17.8. The average Bonchev–Trinajstić information content (AvgIpc) is 3.58. The van der Waals surface area contributed by atoms with E-state index in [0.29, 0.717) is 11.4 Å². The van der Waals surface area contributed by atoms with Crippen molar-refractivity contribution < 1.29 is 0 Å². The van der Waals surface area contributed by atoms with E-state index in [9.17, 15) is 5.26 Å². The third kappa shape index (κ3) is 6.40. The maximum atomic E-state index is 10.4. The molecule has 0 amide bonds. The van der Waals surface area contributed by atoms with E-state index in [4.69, 9.17) is 9.98 Å². The first-order valence-corrected chi connectivity index (χ1v) is 19.0. The summed E-state index contributed by atoms with van der Waals surface area (Å²) in [6.45, 7) is 6.42. The average molecular weight is 725 g/mol. The molecule has 0 saturated carbocycles. The molecule has 0 bridgehead atoms. The summed E-state index contributed by atoms with van der Waals surface area (Å²) in [7, 11) is 0. The van der Waals surface area contributed by atoms with Crippen molar-refractivity contribution in [2.75, 3.05) is 10.2 Å². The largest absolute Gasteiger partial charge is 0.363 e. The summed E-state index contributed by atoms with van der Waals surface area (Å²) in [5.41, 5.74) is 15.5. The number of amidine groups is 2. The van der Waals surface area contributed by atoms with E-state index in [0.717, 1.165) is 73.0 Å². The zero-order valence-electron chi connectivity index (χ0n) is 31.5. The third-order valence-corrected chi connectivity index (χ3v) is 10.7. The van der Waals surface area contributed by atoms with E-state index >= 15 is 0 Å². The number of aryl methyl sites for hydroxylation is 2. The van der Waals surface area contributed by atoms with Crippen LogP contribution in [0.3, 0.4) is 0 Å². The molecule has 0 radical (unpaired) electrons. The highest BCUT2D eigenvalue weighted by molar-refractivity contribution is 6.14. The van der Waals surface area contributed by atoms with Gasteiger partial charge in [0.1, 0.15) is 18.2 Å². The van der Waals surface area contributed by atoms with Gasteiger partial charge in [-0.05, 0) is 96.1 Å². The monoisotopic (exact) mass is 724 g/mol. The van der Waals surface area contributed by atoms with Gasteiger partial charge in [-0.3, -0.25) is 0 Å². The lowest BCUT2D eigenvalue weighted by Crippen LogP contribution is -2.34. The van der Waals surface area contributed by atoms with Gasteiger partial charge in [0.25, 0.3) is 0 Å². The molecule has 0 saturated heterocycles. The first-order chi connectivity index (χ1) is 27.4. The van der Waals surface area contributed by atoms with E-state index in [1.807, 2.05) is 36.4 Å². The van der Waals surface area contributed by atoms with Gasteiger partial charge in [-0.1, -0.05) is 127 Å². The summed E-state index contributed by atoms with van der Waals surface area (Å²) in [4.78, 5) is 12.6. The topological polar surface area (TPSA) is 75.8 Å². The van der Waals surface area contributed by atoms with Gasteiger partial charge in [-0.25, -0.2) is 9.98 Å². The van der Waals surface area contributed by atoms with Crippen molar-refractivity contribution in [1.29, 1.82) is 5.26 Å². The minimum Gasteiger partial charge on any atom is -0.363 e. The summed E-state index contributed by atoms with van der Waals surface area (Å²) in [6.07, 6.45) is -0.358. The maximum absolute atomic E-state index is 10.4. The van der Waals surface area contributed by atoms with Crippen molar-refractivity contribution in [2.24, 2.45) is 9.98 Å². The third-order valence-electron chi connectivity index (χ3n) is 10.7. The maximum Gasteiger partial charge on any atom is 0.159 e. The van der Waals surface area contributed by atoms with E-state index in [-0.39, 0.29) is 6.17 Å². The summed E-state index contributed by atoms with van der Waals surface area (Å²) >= 11 is 0. The molecule has 7 aromatic carbocycles. The Balaban J connectivity index is 1.09. The van der Waals surface area contributed by atoms with Gasteiger partial charge in [0.05, 0.1) is 23.0 Å². The van der Waals surface area contributed by atoms with Crippen LogP contribution in [0.5, 0.6) is 0 Å². The van der Waals surface area contributed by atoms with Crippen molar-refractivity contribution in [3.63, 3.8) is 0 Å². The lowest BCUT2D eigenvalue weighted by Gasteiger charge is -2.27. The number of benzene rings is 7. The summed E-state index contributed by atoms with van der Waals surface area (Å²) < 4.78 is 0. The van der Waals surface area contributed by atoms with Crippen LogP contribution in [0.15, 0.2) is 174 Å². The minimum absolute atomic E-state index is 0.0427. The van der Waals surface area contributed by atoms with Crippen LogP contribution in [0.4, 0.5) is 17.1 Å². The van der Waals surface area contributed by atoms with E-state index in [2.05, 4.69) is 170 Å². The van der Waals surface area contributed by atoms with Gasteiger partial charge in [0, 0.05) is 27.9 Å². The molecule has 2 heterocycles. The van der Waals surface area contributed by atoms with Crippen molar-refractivity contribution in [1.82, 2.24) is 5.32 Å². The Labute approximate surface area is 328 Å². The number of nitrogens with zero attached hydrogens (tertiary/aromatic N) is 4. The van der Waals surface area contributed by atoms with Gasteiger partial charge >= 0.3 is 0 Å². The summed E-state index contributed by atoms with van der Waals surface area (Å²) in [6, 6.07) is 59.0. The zero-order valence-corrected chi connectivity index (χ0v) is 31.5. The Morgan fingerprint density at radius 3 is 2.02 bits per heavy atom. The fourth-order valence-electron chi connectivity index (χ4n) is 8.04. The van der Waals surface area contributed by atoms with Gasteiger partial charge in [-0.2, -0.15) is 5.26 Å². The Morgan fingerprint density at radius 2 is 1.25 bits per heavy atom. The predicted octanol–water partition coefficient (Wildman–Crippen LogP) is 11.6. The molecule has 6 heteroatoms. The van der Waals surface area contributed by atoms with Crippen LogP contribution >= 0.6 is 0 Å². The molecule has 0 aliphatic carbocycles. The molecule has 2 aliphatic heterocycles. The zero-order chi connectivity index (χ0) is 38.2. The highest BCUT2D eigenvalue weighted by Gasteiger charge is 2.28. The lowest BCUT2D eigenvalue weighted by molar-refractivity contribution is 0.675. The predicted molar refractivity (Wildman–Crippen MR) is 230 cm³/mol. The van der Waals surface area contributed by atoms with Crippen LogP contribution in [0.2, 0.25) is 0 Å². The Bertz CT molecular complexity index is 2690. The molecule has 6 nitrogen and oxygen atoms in total. The second-order valence-electron chi connectivity index (χ2n) is 14.4. The number of hydrogen-bond donors (Lipinski definition) is 2. The molecular weight excluding hydrogens is 685 g/mol. The molecule has 2 aliphatic rings. The number of nitriles is 1. The number of rotatable bonds is 7. The number of hydrogen-bond acceptors (Lipinski definition) is 6. The molecule has 0 fully saturated rings. The Hall–Kier alpha value is -7.23. The van der Waals surface area contributed by atoms with Gasteiger partial charge in [-0.15, -0.1) is 0 Å². The first kappa shape index (κ1) is 34.5. The van der Waals surface area contributed by atoms with E-state index in [1.54, 1.807) is 0 Å². The summed E-state index contributed by atoms with van der Waals surface area (Å²) in [5.74, 6) is 1.48. The number of aliphatic imine (C=N–C) groups is 2. The highest BCUT2D eigenvalue weighted by Crippen LogP contribution is 2.43. The van der Waals surface area contributed by atoms with Crippen LogP contribution in [-0.4, -0.2) is 17.8 Å². The second kappa shape index (κ2) is 14.5. The van der Waals surface area contributed by atoms with Crippen LogP contribution in [0.1, 0.15) is 46.5 Å². The van der Waals surface area contributed by atoms with Crippen molar-refractivity contribution in [3.8, 4) is 39.4 Å². The van der Waals surface area contributed by atoms with Gasteiger partial charge in [0.15, 0.2) is 5.84 Å². The van der Waals surface area contributed by atoms with Crippen LogP contribution in [-0.2, 0) is 0 Å². The molecule has 2 unspecified atom stereocenters. The standard InChI is InChI=1S/C50H40N6/c1-32-14-12-15-33(2)47(32)50-54-48(36-18-8-5-9-19-36)53-49(55-50)43-23-11-10-22-42(43)39-24-25-40(31-51)44(29-39)38-20-13-21-41(28-38)56-34(3)52-45-30-37(26-27-46(45)56)35-16-6-4-7-17-35/h4-30,34,49,52H,1-3H3,(H,53,54,55). The number of nitrogens with one attached hydrogen (secondary N) is 2. The molecule has 56 heavy (non-hydrogen) atoms. The van der Waals surface area contributed by atoms with Crippen molar-refractivity contribution in [2.45, 2.75) is 33.1 Å². The fraction of sp³-hybridized carbons (Fsp3) is 0.100. The fourth-order valence-corrected chi connectivity index (χ4v) is 8.04. The van der Waals surface area contributed by atoms with E-state index < -0.39 is 6.17 Å². The molecule has 7 aromatic rings. The van der Waals surface area contributed by atoms with Crippen molar-refractivity contribution in [3.05, 3.63) is 197 Å².